The van der Waals surface area contributed by atoms with Crippen molar-refractivity contribution < 1.29 is 18.8 Å². The molecule has 1 unspecified atom stereocenters. The fraction of sp³-hybridized carbons (Fsp3) is 0.529. The molecule has 2 aliphatic heterocycles. The monoisotopic (exact) mass is 335 g/mol. The van der Waals surface area contributed by atoms with E-state index < -0.39 is 6.10 Å². The number of nitrogens with zero attached hydrogens (tertiary/aromatic N) is 2. The first-order valence-electron chi connectivity index (χ1n) is 8.29. The van der Waals surface area contributed by atoms with Crippen LogP contribution in [0.25, 0.3) is 0 Å². The third kappa shape index (κ3) is 4.30. The summed E-state index contributed by atoms with van der Waals surface area (Å²) in [5.41, 5.74) is 0.863. The average molecular weight is 335 g/mol. The summed E-state index contributed by atoms with van der Waals surface area (Å²) in [6.45, 7) is 4.97. The van der Waals surface area contributed by atoms with E-state index in [1.807, 2.05) is 0 Å². The van der Waals surface area contributed by atoms with Gasteiger partial charge in [0.2, 0.25) is 6.10 Å². The van der Waals surface area contributed by atoms with Crippen LogP contribution >= 0.6 is 0 Å². The molecule has 130 valence electrons. The van der Waals surface area contributed by atoms with E-state index in [4.69, 9.17) is 9.57 Å². The number of amides is 1. The fourth-order valence-corrected chi connectivity index (χ4v) is 2.83. The minimum atomic E-state index is -0.678. The molecule has 6 nitrogen and oxygen atoms in total. The van der Waals surface area contributed by atoms with Gasteiger partial charge in [0.1, 0.15) is 5.82 Å². The lowest BCUT2D eigenvalue weighted by Gasteiger charge is -2.26. The molecule has 0 saturated carbocycles. The third-order valence-corrected chi connectivity index (χ3v) is 4.20. The SMILES string of the molecule is O=C(NCCCN1CCOCC1)C1CC(c2ccccc2F)=NO1. The number of hydrogen-bond acceptors (Lipinski definition) is 5. The quantitative estimate of drug-likeness (QED) is 0.793. The molecule has 1 atom stereocenters. The molecule has 2 aliphatic rings. The van der Waals surface area contributed by atoms with Crippen LogP contribution in [0.1, 0.15) is 18.4 Å². The molecule has 0 aliphatic carbocycles. The zero-order chi connectivity index (χ0) is 16.8. The molecule has 1 saturated heterocycles. The summed E-state index contributed by atoms with van der Waals surface area (Å²) in [6, 6.07) is 6.37. The first-order valence-corrected chi connectivity index (χ1v) is 8.29. The van der Waals surface area contributed by atoms with Crippen molar-refractivity contribution in [3.8, 4) is 0 Å². The molecule has 3 rings (SSSR count). The summed E-state index contributed by atoms with van der Waals surface area (Å²) < 4.78 is 19.0. The number of oxime groups is 1. The number of rotatable bonds is 6. The Morgan fingerprint density at radius 2 is 2.12 bits per heavy atom. The van der Waals surface area contributed by atoms with Gasteiger partial charge in [-0.05, 0) is 19.0 Å². The second-order valence-corrected chi connectivity index (χ2v) is 5.91. The van der Waals surface area contributed by atoms with Crippen LogP contribution in [-0.2, 0) is 14.4 Å². The van der Waals surface area contributed by atoms with Crippen LogP contribution in [0, 0.1) is 5.82 Å². The Bertz CT molecular complexity index is 602. The van der Waals surface area contributed by atoms with E-state index in [1.54, 1.807) is 18.2 Å². The van der Waals surface area contributed by atoms with E-state index in [9.17, 15) is 9.18 Å². The van der Waals surface area contributed by atoms with Crippen LogP contribution < -0.4 is 5.32 Å². The Kier molecular flexibility index (Phi) is 5.77. The molecule has 1 N–H and O–H groups in total. The van der Waals surface area contributed by atoms with Gasteiger partial charge < -0.3 is 14.9 Å². The maximum atomic E-state index is 13.7. The smallest absolute Gasteiger partial charge is 0.264 e. The van der Waals surface area contributed by atoms with E-state index in [0.717, 1.165) is 39.3 Å². The van der Waals surface area contributed by atoms with Gasteiger partial charge in [0, 0.05) is 31.6 Å². The number of carbonyl (C=O) groups excluding carboxylic acids is 1. The van der Waals surface area contributed by atoms with E-state index in [1.165, 1.54) is 6.07 Å². The van der Waals surface area contributed by atoms with Crippen LogP contribution in [0.15, 0.2) is 29.4 Å². The second kappa shape index (κ2) is 8.21. The third-order valence-electron chi connectivity index (χ3n) is 4.20. The Labute approximate surface area is 140 Å². The van der Waals surface area contributed by atoms with Crippen molar-refractivity contribution in [2.45, 2.75) is 18.9 Å². The first-order chi connectivity index (χ1) is 11.7. The highest BCUT2D eigenvalue weighted by Gasteiger charge is 2.29. The predicted octanol–water partition coefficient (Wildman–Crippen LogP) is 1.16. The summed E-state index contributed by atoms with van der Waals surface area (Å²) >= 11 is 0. The number of nitrogens with one attached hydrogen (secondary N) is 1. The molecule has 0 spiro atoms. The summed E-state index contributed by atoms with van der Waals surface area (Å²) in [5.74, 6) is -0.557. The molecule has 0 bridgehead atoms. The maximum Gasteiger partial charge on any atom is 0.264 e. The summed E-state index contributed by atoms with van der Waals surface area (Å²) in [7, 11) is 0. The van der Waals surface area contributed by atoms with Gasteiger partial charge in [0.25, 0.3) is 5.91 Å². The zero-order valence-electron chi connectivity index (χ0n) is 13.5. The molecular weight excluding hydrogens is 313 g/mol. The Hall–Kier alpha value is -1.99. The molecule has 0 aromatic heterocycles. The summed E-state index contributed by atoms with van der Waals surface area (Å²) in [4.78, 5) is 19.6. The number of carbonyl (C=O) groups is 1. The van der Waals surface area contributed by atoms with Crippen LogP contribution in [0.4, 0.5) is 4.39 Å². The molecule has 24 heavy (non-hydrogen) atoms. The Morgan fingerprint density at radius 3 is 2.92 bits per heavy atom. The van der Waals surface area contributed by atoms with E-state index >= 15 is 0 Å². The fourth-order valence-electron chi connectivity index (χ4n) is 2.83. The number of halogens is 1. The lowest BCUT2D eigenvalue weighted by molar-refractivity contribution is -0.131. The van der Waals surface area contributed by atoms with Crippen LogP contribution in [0.5, 0.6) is 0 Å². The van der Waals surface area contributed by atoms with Gasteiger partial charge in [0.15, 0.2) is 0 Å². The van der Waals surface area contributed by atoms with Gasteiger partial charge in [-0.1, -0.05) is 23.4 Å². The molecule has 7 heteroatoms. The van der Waals surface area contributed by atoms with Crippen molar-refractivity contribution in [3.05, 3.63) is 35.6 Å². The van der Waals surface area contributed by atoms with E-state index in [0.29, 0.717) is 17.8 Å². The average Bonchev–Trinajstić information content (AvgIpc) is 3.10. The van der Waals surface area contributed by atoms with E-state index in [2.05, 4.69) is 15.4 Å². The van der Waals surface area contributed by atoms with Crippen molar-refractivity contribution in [3.63, 3.8) is 0 Å². The zero-order valence-corrected chi connectivity index (χ0v) is 13.5. The molecule has 2 heterocycles. The second-order valence-electron chi connectivity index (χ2n) is 5.91. The molecule has 1 aromatic carbocycles. The minimum absolute atomic E-state index is 0.202. The lowest BCUT2D eigenvalue weighted by atomic mass is 10.0. The number of benzene rings is 1. The summed E-state index contributed by atoms with van der Waals surface area (Å²) in [5, 5.41) is 6.73. The van der Waals surface area contributed by atoms with Gasteiger partial charge in [-0.2, -0.15) is 0 Å². The van der Waals surface area contributed by atoms with Crippen molar-refractivity contribution in [2.24, 2.45) is 5.16 Å². The lowest BCUT2D eigenvalue weighted by Crippen LogP contribution is -2.39. The standard InChI is InChI=1S/C17H22FN3O3/c18-14-5-2-1-4-13(14)15-12-16(24-20-15)17(22)19-6-3-7-21-8-10-23-11-9-21/h1-2,4-5,16H,3,6-12H2,(H,19,22). The number of ether oxygens (including phenoxy) is 1. The molecule has 0 radical (unpaired) electrons. The van der Waals surface area contributed by atoms with Crippen molar-refractivity contribution in [2.75, 3.05) is 39.4 Å². The Morgan fingerprint density at radius 1 is 1.33 bits per heavy atom. The van der Waals surface area contributed by atoms with Crippen LogP contribution in [0.2, 0.25) is 0 Å². The maximum absolute atomic E-state index is 13.7. The Balaban J connectivity index is 1.38. The number of morpholine rings is 1. The first kappa shape index (κ1) is 16.9. The topological polar surface area (TPSA) is 63.2 Å². The minimum Gasteiger partial charge on any atom is -0.382 e. The van der Waals surface area contributed by atoms with Gasteiger partial charge in [-0.15, -0.1) is 0 Å². The van der Waals surface area contributed by atoms with Gasteiger partial charge in [0.05, 0.1) is 18.9 Å². The van der Waals surface area contributed by atoms with E-state index in [-0.39, 0.29) is 18.1 Å². The van der Waals surface area contributed by atoms with Gasteiger partial charge in [-0.25, -0.2) is 4.39 Å². The normalized spacial score (nSPS) is 21.2. The largest absolute Gasteiger partial charge is 0.382 e. The molecule has 1 amide bonds. The van der Waals surface area contributed by atoms with Gasteiger partial charge in [-0.3, -0.25) is 9.69 Å². The highest BCUT2D eigenvalue weighted by atomic mass is 19.1. The molecular formula is C17H22FN3O3. The van der Waals surface area contributed by atoms with Crippen LogP contribution in [-0.4, -0.2) is 62.0 Å². The molecule has 1 fully saturated rings. The summed E-state index contributed by atoms with van der Waals surface area (Å²) in [6.07, 6.45) is 0.485. The van der Waals surface area contributed by atoms with Gasteiger partial charge >= 0.3 is 0 Å². The number of hydrogen-bond donors (Lipinski definition) is 1. The van der Waals surface area contributed by atoms with Crippen molar-refractivity contribution in [1.29, 1.82) is 0 Å². The predicted molar refractivity (Wildman–Crippen MR) is 87.3 cm³/mol. The highest BCUT2D eigenvalue weighted by Crippen LogP contribution is 2.19. The van der Waals surface area contributed by atoms with Crippen LogP contribution in [0.3, 0.4) is 0 Å². The van der Waals surface area contributed by atoms with Crippen molar-refractivity contribution in [1.82, 2.24) is 10.2 Å². The highest BCUT2D eigenvalue weighted by molar-refractivity contribution is 6.04. The van der Waals surface area contributed by atoms with Crippen molar-refractivity contribution >= 4 is 11.6 Å². The molecule has 1 aromatic rings.